The van der Waals surface area contributed by atoms with Crippen molar-refractivity contribution in [3.05, 3.63) is 18.0 Å². The van der Waals surface area contributed by atoms with E-state index < -0.39 is 5.92 Å². The molecule has 0 aromatic carbocycles. The Morgan fingerprint density at radius 2 is 2.57 bits per heavy atom. The number of aromatic amines is 1. The Hall–Kier alpha value is -1.83. The van der Waals surface area contributed by atoms with Crippen LogP contribution in [-0.2, 0) is 11.3 Å². The van der Waals surface area contributed by atoms with Crippen LogP contribution in [0.5, 0.6) is 0 Å². The molecule has 0 radical (unpaired) electrons. The van der Waals surface area contributed by atoms with E-state index in [9.17, 15) is 4.79 Å². The molecule has 5 nitrogen and oxygen atoms in total. The molecule has 0 aliphatic rings. The van der Waals surface area contributed by atoms with E-state index in [1.165, 1.54) is 4.90 Å². The Kier molecular flexibility index (Phi) is 3.24. The number of nitriles is 1. The number of rotatable bonds is 3. The van der Waals surface area contributed by atoms with Crippen LogP contribution in [0.2, 0.25) is 0 Å². The fourth-order valence-electron chi connectivity index (χ4n) is 1.10. The molecule has 0 bridgehead atoms. The fraction of sp³-hybridized carbons (Fsp3) is 0.444. The van der Waals surface area contributed by atoms with Crippen LogP contribution < -0.4 is 0 Å². The van der Waals surface area contributed by atoms with Gasteiger partial charge >= 0.3 is 0 Å². The summed E-state index contributed by atoms with van der Waals surface area (Å²) in [4.78, 5) is 13.0. The monoisotopic (exact) mass is 192 g/mol. The van der Waals surface area contributed by atoms with E-state index in [0.29, 0.717) is 6.54 Å². The highest BCUT2D eigenvalue weighted by Crippen LogP contribution is 2.04. The van der Waals surface area contributed by atoms with Crippen LogP contribution in [0.25, 0.3) is 0 Å². The number of nitrogens with zero attached hydrogens (tertiary/aromatic N) is 3. The highest BCUT2D eigenvalue weighted by atomic mass is 16.2. The average Bonchev–Trinajstić information content (AvgIpc) is 2.68. The van der Waals surface area contributed by atoms with E-state index in [-0.39, 0.29) is 5.91 Å². The Balaban J connectivity index is 2.55. The number of aromatic nitrogens is 2. The number of H-pyrrole nitrogens is 1. The third kappa shape index (κ3) is 2.33. The zero-order valence-electron chi connectivity index (χ0n) is 8.19. The minimum atomic E-state index is -0.591. The number of hydrogen-bond donors (Lipinski definition) is 1. The maximum Gasteiger partial charge on any atom is 0.239 e. The molecule has 5 heteroatoms. The number of amides is 1. The van der Waals surface area contributed by atoms with Crippen molar-refractivity contribution in [2.75, 3.05) is 7.05 Å². The van der Waals surface area contributed by atoms with Crippen LogP contribution >= 0.6 is 0 Å². The van der Waals surface area contributed by atoms with Gasteiger partial charge in [0.25, 0.3) is 0 Å². The van der Waals surface area contributed by atoms with E-state index in [1.807, 2.05) is 6.07 Å². The SMILES string of the molecule is CC(C#N)C(=O)N(C)Cc1cn[nH]c1. The second-order valence-electron chi connectivity index (χ2n) is 3.15. The van der Waals surface area contributed by atoms with Gasteiger partial charge in [0.1, 0.15) is 5.92 Å². The first kappa shape index (κ1) is 10.3. The first-order valence-electron chi connectivity index (χ1n) is 4.27. The van der Waals surface area contributed by atoms with Crippen molar-refractivity contribution in [1.82, 2.24) is 15.1 Å². The lowest BCUT2D eigenvalue weighted by molar-refractivity contribution is -0.132. The molecular weight excluding hydrogens is 180 g/mol. The third-order valence-electron chi connectivity index (χ3n) is 1.91. The average molecular weight is 192 g/mol. The second-order valence-corrected chi connectivity index (χ2v) is 3.15. The van der Waals surface area contributed by atoms with Crippen molar-refractivity contribution < 1.29 is 4.79 Å². The first-order valence-corrected chi connectivity index (χ1v) is 4.27. The van der Waals surface area contributed by atoms with Crippen LogP contribution in [0, 0.1) is 17.2 Å². The van der Waals surface area contributed by atoms with E-state index >= 15 is 0 Å². The molecule has 1 unspecified atom stereocenters. The van der Waals surface area contributed by atoms with Crippen LogP contribution in [0.3, 0.4) is 0 Å². The van der Waals surface area contributed by atoms with E-state index in [1.54, 1.807) is 26.4 Å². The number of hydrogen-bond acceptors (Lipinski definition) is 3. The topological polar surface area (TPSA) is 72.8 Å². The second kappa shape index (κ2) is 4.42. The third-order valence-corrected chi connectivity index (χ3v) is 1.91. The molecule has 0 saturated heterocycles. The van der Waals surface area contributed by atoms with Gasteiger partial charge in [-0.05, 0) is 6.92 Å². The van der Waals surface area contributed by atoms with Crippen molar-refractivity contribution in [1.29, 1.82) is 5.26 Å². The van der Waals surface area contributed by atoms with Crippen molar-refractivity contribution in [2.45, 2.75) is 13.5 Å². The minimum absolute atomic E-state index is 0.172. The number of carbonyl (C=O) groups excluding carboxylic acids is 1. The molecule has 0 saturated carbocycles. The van der Waals surface area contributed by atoms with Crippen molar-refractivity contribution in [2.24, 2.45) is 5.92 Å². The summed E-state index contributed by atoms with van der Waals surface area (Å²) in [7, 11) is 1.67. The van der Waals surface area contributed by atoms with Crippen molar-refractivity contribution >= 4 is 5.91 Å². The summed E-state index contributed by atoms with van der Waals surface area (Å²) in [5, 5.41) is 15.0. The Bertz CT molecular complexity index is 338. The maximum absolute atomic E-state index is 11.5. The Labute approximate surface area is 82.3 Å². The van der Waals surface area contributed by atoms with Crippen molar-refractivity contribution in [3.63, 3.8) is 0 Å². The summed E-state index contributed by atoms with van der Waals surface area (Å²) in [6.07, 6.45) is 3.38. The van der Waals surface area contributed by atoms with Crippen LogP contribution in [-0.4, -0.2) is 28.1 Å². The predicted octanol–water partition coefficient (Wildman–Crippen LogP) is 0.528. The van der Waals surface area contributed by atoms with Gasteiger partial charge in [-0.2, -0.15) is 10.4 Å². The number of carbonyl (C=O) groups is 1. The van der Waals surface area contributed by atoms with E-state index in [4.69, 9.17) is 5.26 Å². The van der Waals surface area contributed by atoms with Gasteiger partial charge in [-0.3, -0.25) is 9.89 Å². The quantitative estimate of drug-likeness (QED) is 0.759. The lowest BCUT2D eigenvalue weighted by atomic mass is 10.2. The van der Waals surface area contributed by atoms with Crippen LogP contribution in [0.4, 0.5) is 0 Å². The van der Waals surface area contributed by atoms with Gasteiger partial charge in [0.2, 0.25) is 5.91 Å². The summed E-state index contributed by atoms with van der Waals surface area (Å²) in [5.41, 5.74) is 0.922. The summed E-state index contributed by atoms with van der Waals surface area (Å²) < 4.78 is 0. The standard InChI is InChI=1S/C9H12N4O/c1-7(3-10)9(14)13(2)6-8-4-11-12-5-8/h4-5,7H,6H2,1-2H3,(H,11,12). The first-order chi connectivity index (χ1) is 6.65. The smallest absolute Gasteiger partial charge is 0.239 e. The molecule has 1 rings (SSSR count). The highest BCUT2D eigenvalue weighted by molar-refractivity contribution is 5.80. The van der Waals surface area contributed by atoms with Gasteiger partial charge in [0.05, 0.1) is 12.3 Å². The molecule has 1 N–H and O–H groups in total. The molecule has 0 spiro atoms. The largest absolute Gasteiger partial charge is 0.340 e. The van der Waals surface area contributed by atoms with Gasteiger partial charge in [-0.1, -0.05) is 0 Å². The molecule has 1 aromatic rings. The summed E-state index contributed by atoms with van der Waals surface area (Å²) >= 11 is 0. The summed E-state index contributed by atoms with van der Waals surface area (Å²) in [6.45, 7) is 2.07. The molecule has 0 fully saturated rings. The van der Waals surface area contributed by atoms with Gasteiger partial charge in [-0.25, -0.2) is 0 Å². The van der Waals surface area contributed by atoms with Gasteiger partial charge in [0, 0.05) is 25.4 Å². The summed E-state index contributed by atoms with van der Waals surface area (Å²) in [6, 6.07) is 1.91. The van der Waals surface area contributed by atoms with Gasteiger partial charge in [-0.15, -0.1) is 0 Å². The van der Waals surface area contributed by atoms with Gasteiger partial charge in [0.15, 0.2) is 0 Å². The Morgan fingerprint density at radius 3 is 3.07 bits per heavy atom. The maximum atomic E-state index is 11.5. The van der Waals surface area contributed by atoms with Crippen LogP contribution in [0.15, 0.2) is 12.4 Å². The highest BCUT2D eigenvalue weighted by Gasteiger charge is 2.16. The molecule has 1 heterocycles. The molecule has 0 aliphatic heterocycles. The molecule has 0 aliphatic carbocycles. The van der Waals surface area contributed by atoms with E-state index in [2.05, 4.69) is 10.2 Å². The Morgan fingerprint density at radius 1 is 1.86 bits per heavy atom. The molecule has 1 aromatic heterocycles. The zero-order valence-corrected chi connectivity index (χ0v) is 8.19. The number of nitrogens with one attached hydrogen (secondary N) is 1. The molecule has 14 heavy (non-hydrogen) atoms. The molecule has 1 atom stereocenters. The lowest BCUT2D eigenvalue weighted by Gasteiger charge is -2.16. The zero-order chi connectivity index (χ0) is 10.6. The molecule has 1 amide bonds. The van der Waals surface area contributed by atoms with Crippen molar-refractivity contribution in [3.8, 4) is 6.07 Å². The molecule has 74 valence electrons. The normalized spacial score (nSPS) is 11.8. The molecular formula is C9H12N4O. The van der Waals surface area contributed by atoms with Crippen LogP contribution in [0.1, 0.15) is 12.5 Å². The fourth-order valence-corrected chi connectivity index (χ4v) is 1.10. The predicted molar refractivity (Wildman–Crippen MR) is 49.8 cm³/mol. The summed E-state index contributed by atoms with van der Waals surface area (Å²) in [5.74, 6) is -0.763. The van der Waals surface area contributed by atoms with E-state index in [0.717, 1.165) is 5.56 Å². The lowest BCUT2D eigenvalue weighted by Crippen LogP contribution is -2.30. The van der Waals surface area contributed by atoms with Gasteiger partial charge < -0.3 is 4.90 Å². The minimum Gasteiger partial charge on any atom is -0.340 e.